The lowest BCUT2D eigenvalue weighted by Gasteiger charge is -2.42. The molecule has 0 saturated carbocycles. The summed E-state index contributed by atoms with van der Waals surface area (Å²) in [5.41, 5.74) is -2.60. The number of hydrogen-bond acceptors (Lipinski definition) is 7. The van der Waals surface area contributed by atoms with Crippen LogP contribution in [-0.4, -0.2) is 75.6 Å². The molecule has 0 radical (unpaired) electrons. The summed E-state index contributed by atoms with van der Waals surface area (Å²) in [6.45, 7) is 2.79. The highest BCUT2D eigenvalue weighted by Gasteiger charge is 2.51. The third-order valence-electron chi connectivity index (χ3n) is 6.49. The minimum absolute atomic E-state index is 0.0156. The van der Waals surface area contributed by atoms with Crippen molar-refractivity contribution in [1.82, 2.24) is 4.31 Å². The average Bonchev–Trinajstić information content (AvgIpc) is 3.53. The first-order chi connectivity index (χ1) is 16.5. The monoisotopic (exact) mass is 534 g/mol. The van der Waals surface area contributed by atoms with Crippen LogP contribution in [0.2, 0.25) is 0 Å². The topological polar surface area (TPSA) is 79.3 Å². The Bertz CT molecular complexity index is 1070. The van der Waals surface area contributed by atoms with Crippen molar-refractivity contribution >= 4 is 27.0 Å². The Morgan fingerprint density at radius 3 is 2.51 bits per heavy atom. The van der Waals surface area contributed by atoms with Gasteiger partial charge in [-0.05, 0) is 48.9 Å². The minimum atomic E-state index is -4.81. The van der Waals surface area contributed by atoms with E-state index in [0.717, 1.165) is 31.1 Å². The van der Waals surface area contributed by atoms with Crippen LogP contribution in [0.5, 0.6) is 0 Å². The lowest BCUT2D eigenvalue weighted by Crippen LogP contribution is -2.56. The molecule has 3 atom stereocenters. The molecule has 0 aliphatic carbocycles. The molecule has 4 rings (SSSR count). The first-order valence-electron chi connectivity index (χ1n) is 11.4. The van der Waals surface area contributed by atoms with Crippen molar-refractivity contribution in [3.8, 4) is 0 Å². The maximum Gasteiger partial charge on any atom is 0.421 e. The van der Waals surface area contributed by atoms with Crippen molar-refractivity contribution < 1.29 is 36.2 Å². The molecule has 2 aliphatic rings. The van der Waals surface area contributed by atoms with E-state index in [1.54, 1.807) is 17.5 Å². The van der Waals surface area contributed by atoms with Gasteiger partial charge in [-0.15, -0.1) is 11.3 Å². The first kappa shape index (κ1) is 26.4. The molecule has 3 heterocycles. The van der Waals surface area contributed by atoms with Crippen LogP contribution >= 0.6 is 11.3 Å². The Morgan fingerprint density at radius 2 is 1.91 bits per heavy atom. The molecule has 2 fully saturated rings. The molecule has 2 aliphatic heterocycles. The van der Waals surface area contributed by atoms with E-state index in [9.17, 15) is 26.7 Å². The Morgan fingerprint density at radius 1 is 1.17 bits per heavy atom. The van der Waals surface area contributed by atoms with Gasteiger partial charge in [0.15, 0.2) is 5.60 Å². The summed E-state index contributed by atoms with van der Waals surface area (Å²) < 4.78 is 79.1. The number of alkyl halides is 3. The molecular formula is C23H29F3N2O5S2. The van der Waals surface area contributed by atoms with Gasteiger partial charge in [-0.3, -0.25) is 0 Å². The number of sulfonamides is 1. The number of nitrogens with zero attached hydrogens (tertiary/aromatic N) is 2. The summed E-state index contributed by atoms with van der Waals surface area (Å²) >= 11 is 1.16. The summed E-state index contributed by atoms with van der Waals surface area (Å²) in [7, 11) is -3.65. The number of hydrogen-bond donors (Lipinski definition) is 1. The second-order valence-electron chi connectivity index (χ2n) is 8.93. The number of benzene rings is 1. The molecule has 1 N–H and O–H groups in total. The molecule has 0 bridgehead atoms. The smallest absolute Gasteiger partial charge is 0.377 e. The fourth-order valence-corrected chi connectivity index (χ4v) is 6.93. The van der Waals surface area contributed by atoms with Crippen LogP contribution in [0.15, 0.2) is 46.0 Å². The lowest BCUT2D eigenvalue weighted by molar-refractivity contribution is -0.258. The van der Waals surface area contributed by atoms with Gasteiger partial charge in [-0.2, -0.15) is 17.5 Å². The van der Waals surface area contributed by atoms with Crippen molar-refractivity contribution in [2.24, 2.45) is 0 Å². The molecule has 35 heavy (non-hydrogen) atoms. The number of anilines is 1. The van der Waals surface area contributed by atoms with Crippen LogP contribution < -0.4 is 4.90 Å². The lowest BCUT2D eigenvalue weighted by atomic mass is 9.95. The standard InChI is InChI=1S/C23H29F3N2O5S2/c1-22(29,23(24,25)26)17-6-8-18(9-7-17)28-11-10-27(35(30,31)21-5-3-13-34-21)14-19(28)15-32-16-20-4-2-12-33-20/h3,5-9,13,19-20,29H,2,4,10-12,14-16H2,1H3. The molecule has 3 unspecified atom stereocenters. The third kappa shape index (κ3) is 5.67. The zero-order valence-electron chi connectivity index (χ0n) is 19.3. The van der Waals surface area contributed by atoms with E-state index in [1.807, 2.05) is 4.90 Å². The van der Waals surface area contributed by atoms with Gasteiger partial charge in [0.25, 0.3) is 10.0 Å². The number of aliphatic hydroxyl groups is 1. The molecule has 0 spiro atoms. The van der Waals surface area contributed by atoms with E-state index in [-0.39, 0.29) is 41.6 Å². The Labute approximate surface area is 207 Å². The predicted molar refractivity (Wildman–Crippen MR) is 126 cm³/mol. The summed E-state index contributed by atoms with van der Waals surface area (Å²) in [6, 6.07) is 8.45. The van der Waals surface area contributed by atoms with Crippen molar-refractivity contribution in [3.05, 3.63) is 47.3 Å². The van der Waals surface area contributed by atoms with Gasteiger partial charge in [-0.1, -0.05) is 18.2 Å². The average molecular weight is 535 g/mol. The summed E-state index contributed by atoms with van der Waals surface area (Å²) in [5.74, 6) is 0. The van der Waals surface area contributed by atoms with Crippen LogP contribution in [0.3, 0.4) is 0 Å². The Hall–Kier alpha value is -1.70. The fourth-order valence-electron chi connectivity index (χ4n) is 4.32. The maximum absolute atomic E-state index is 13.2. The minimum Gasteiger partial charge on any atom is -0.377 e. The largest absolute Gasteiger partial charge is 0.421 e. The molecule has 12 heteroatoms. The van der Waals surface area contributed by atoms with Crippen molar-refractivity contribution in [2.45, 2.75) is 47.9 Å². The van der Waals surface area contributed by atoms with Crippen LogP contribution in [0.1, 0.15) is 25.3 Å². The highest BCUT2D eigenvalue weighted by Crippen LogP contribution is 2.39. The van der Waals surface area contributed by atoms with Gasteiger partial charge in [0.2, 0.25) is 0 Å². The van der Waals surface area contributed by atoms with E-state index < -0.39 is 21.8 Å². The van der Waals surface area contributed by atoms with Gasteiger partial charge in [0, 0.05) is 31.9 Å². The zero-order chi connectivity index (χ0) is 25.3. The second kappa shape index (κ2) is 10.3. The van der Waals surface area contributed by atoms with Crippen LogP contribution in [0.4, 0.5) is 18.9 Å². The number of piperazine rings is 1. The Balaban J connectivity index is 1.52. The molecule has 1 aromatic carbocycles. The van der Waals surface area contributed by atoms with E-state index in [1.165, 1.54) is 28.6 Å². The Kier molecular flexibility index (Phi) is 7.79. The highest BCUT2D eigenvalue weighted by molar-refractivity contribution is 7.91. The number of rotatable bonds is 8. The molecule has 2 saturated heterocycles. The second-order valence-corrected chi connectivity index (χ2v) is 12.0. The normalized spacial score (nSPS) is 24.0. The number of ether oxygens (including phenoxy) is 2. The molecule has 7 nitrogen and oxygen atoms in total. The van der Waals surface area contributed by atoms with Gasteiger partial charge in [0.05, 0.1) is 25.4 Å². The van der Waals surface area contributed by atoms with Gasteiger partial charge in [0.1, 0.15) is 4.21 Å². The number of thiophene rings is 1. The van der Waals surface area contributed by atoms with Crippen LogP contribution in [0, 0.1) is 0 Å². The van der Waals surface area contributed by atoms with Crippen molar-refractivity contribution in [3.63, 3.8) is 0 Å². The molecule has 1 aromatic heterocycles. The summed E-state index contributed by atoms with van der Waals surface area (Å²) in [5, 5.41) is 11.7. The molecular weight excluding hydrogens is 505 g/mol. The SMILES string of the molecule is CC(O)(c1ccc(N2CCN(S(=O)(=O)c3cccs3)CC2COCC2CCCO2)cc1)C(F)(F)F. The van der Waals surface area contributed by atoms with Gasteiger partial charge in [-0.25, -0.2) is 8.42 Å². The van der Waals surface area contributed by atoms with Crippen molar-refractivity contribution in [1.29, 1.82) is 0 Å². The zero-order valence-corrected chi connectivity index (χ0v) is 20.9. The number of halogens is 3. The quantitative estimate of drug-likeness (QED) is 0.558. The third-order valence-corrected chi connectivity index (χ3v) is 9.72. The van der Waals surface area contributed by atoms with E-state index in [0.29, 0.717) is 25.4 Å². The van der Waals surface area contributed by atoms with Crippen LogP contribution in [-0.2, 0) is 25.1 Å². The summed E-state index contributed by atoms with van der Waals surface area (Å²) in [4.78, 5) is 1.95. The molecule has 0 amide bonds. The summed E-state index contributed by atoms with van der Waals surface area (Å²) in [6.07, 6.45) is -2.91. The highest BCUT2D eigenvalue weighted by atomic mass is 32.2. The van der Waals surface area contributed by atoms with Crippen LogP contribution in [0.25, 0.3) is 0 Å². The first-order valence-corrected chi connectivity index (χ1v) is 13.7. The van der Waals surface area contributed by atoms with Gasteiger partial charge >= 0.3 is 6.18 Å². The van der Waals surface area contributed by atoms with E-state index in [4.69, 9.17) is 9.47 Å². The van der Waals surface area contributed by atoms with Gasteiger partial charge < -0.3 is 19.5 Å². The van der Waals surface area contributed by atoms with Crippen molar-refractivity contribution in [2.75, 3.05) is 44.4 Å². The predicted octanol–water partition coefficient (Wildman–Crippen LogP) is 3.59. The molecule has 2 aromatic rings. The maximum atomic E-state index is 13.2. The molecule has 194 valence electrons. The van der Waals surface area contributed by atoms with E-state index >= 15 is 0 Å². The fraction of sp³-hybridized carbons (Fsp3) is 0.565. The van der Waals surface area contributed by atoms with E-state index in [2.05, 4.69) is 0 Å².